The predicted molar refractivity (Wildman–Crippen MR) is 79.8 cm³/mol. The topological polar surface area (TPSA) is 41.6 Å². The number of ether oxygens (including phenoxy) is 1. The van der Waals surface area contributed by atoms with E-state index in [4.69, 9.17) is 4.74 Å². The summed E-state index contributed by atoms with van der Waals surface area (Å²) in [4.78, 5) is 13.9. The molecule has 0 radical (unpaired) electrons. The molecular weight excluding hydrogens is 252 g/mol. The van der Waals surface area contributed by atoms with Gasteiger partial charge in [0.05, 0.1) is 13.2 Å². The number of carbonyl (C=O) groups is 1. The third-order valence-electron chi connectivity index (χ3n) is 3.43. The summed E-state index contributed by atoms with van der Waals surface area (Å²) in [7, 11) is 0. The lowest BCUT2D eigenvalue weighted by atomic mass is 10.3. The molecule has 0 saturated heterocycles. The second-order valence-electron chi connectivity index (χ2n) is 5.10. The molecule has 1 aliphatic rings. The molecule has 1 aromatic carbocycles. The molecule has 1 aliphatic carbocycles. The summed E-state index contributed by atoms with van der Waals surface area (Å²) in [5.74, 6) is 1.12. The van der Waals surface area contributed by atoms with Gasteiger partial charge in [-0.25, -0.2) is 0 Å². The molecule has 0 spiro atoms. The van der Waals surface area contributed by atoms with E-state index in [0.717, 1.165) is 25.3 Å². The lowest BCUT2D eigenvalue weighted by Gasteiger charge is -2.20. The van der Waals surface area contributed by atoms with E-state index in [1.54, 1.807) is 0 Å². The Kier molecular flexibility index (Phi) is 5.87. The van der Waals surface area contributed by atoms with Crippen molar-refractivity contribution in [2.24, 2.45) is 0 Å². The summed E-state index contributed by atoms with van der Waals surface area (Å²) < 4.78 is 5.59. The van der Waals surface area contributed by atoms with Crippen molar-refractivity contribution in [1.82, 2.24) is 10.2 Å². The van der Waals surface area contributed by atoms with Gasteiger partial charge in [-0.2, -0.15) is 0 Å². The average molecular weight is 276 g/mol. The van der Waals surface area contributed by atoms with Crippen LogP contribution in [0.15, 0.2) is 30.3 Å². The van der Waals surface area contributed by atoms with E-state index in [1.165, 1.54) is 12.8 Å². The highest BCUT2D eigenvalue weighted by atomic mass is 16.5. The van der Waals surface area contributed by atoms with E-state index < -0.39 is 0 Å². The van der Waals surface area contributed by atoms with Gasteiger partial charge in [0.1, 0.15) is 5.75 Å². The monoisotopic (exact) mass is 276 g/mol. The molecule has 4 heteroatoms. The van der Waals surface area contributed by atoms with Gasteiger partial charge < -0.3 is 15.0 Å². The number of nitrogens with one attached hydrogen (secondary N) is 1. The molecule has 20 heavy (non-hydrogen) atoms. The van der Waals surface area contributed by atoms with Crippen LogP contribution < -0.4 is 10.1 Å². The molecular formula is C16H24N2O2. The molecule has 1 N–H and O–H groups in total. The fourth-order valence-corrected chi connectivity index (χ4v) is 2.23. The molecule has 1 aromatic rings. The Bertz CT molecular complexity index is 404. The third-order valence-corrected chi connectivity index (χ3v) is 3.43. The van der Waals surface area contributed by atoms with Crippen LogP contribution in [0.4, 0.5) is 0 Å². The number of amides is 1. The number of nitrogens with zero attached hydrogens (tertiary/aromatic N) is 1. The minimum absolute atomic E-state index is 0.221. The summed E-state index contributed by atoms with van der Waals surface area (Å²) in [5, 5.41) is 3.20. The zero-order valence-corrected chi connectivity index (χ0v) is 12.2. The first kappa shape index (κ1) is 14.9. The second kappa shape index (κ2) is 7.90. The van der Waals surface area contributed by atoms with E-state index in [-0.39, 0.29) is 5.91 Å². The summed E-state index contributed by atoms with van der Waals surface area (Å²) >= 11 is 0. The van der Waals surface area contributed by atoms with Crippen LogP contribution in [-0.4, -0.2) is 43.1 Å². The lowest BCUT2D eigenvalue weighted by Crippen LogP contribution is -2.39. The van der Waals surface area contributed by atoms with Crippen LogP contribution in [0.2, 0.25) is 0 Å². The highest BCUT2D eigenvalue weighted by Gasteiger charge is 2.30. The van der Waals surface area contributed by atoms with Crippen LogP contribution in [0, 0.1) is 0 Å². The number of hydrogen-bond donors (Lipinski definition) is 1. The van der Waals surface area contributed by atoms with Crippen molar-refractivity contribution in [3.05, 3.63) is 30.3 Å². The maximum absolute atomic E-state index is 11.9. The minimum atomic E-state index is 0.221. The van der Waals surface area contributed by atoms with Crippen molar-refractivity contribution in [3.8, 4) is 5.75 Å². The first-order valence-electron chi connectivity index (χ1n) is 7.49. The van der Waals surface area contributed by atoms with Crippen molar-refractivity contribution in [1.29, 1.82) is 0 Å². The summed E-state index contributed by atoms with van der Waals surface area (Å²) in [6, 6.07) is 10.3. The van der Waals surface area contributed by atoms with Gasteiger partial charge in [0.15, 0.2) is 0 Å². The third kappa shape index (κ3) is 4.85. The Morgan fingerprint density at radius 2 is 2.10 bits per heavy atom. The first-order valence-corrected chi connectivity index (χ1v) is 7.49. The van der Waals surface area contributed by atoms with Crippen LogP contribution in [0.25, 0.3) is 0 Å². The van der Waals surface area contributed by atoms with E-state index in [0.29, 0.717) is 19.2 Å². The van der Waals surface area contributed by atoms with E-state index in [2.05, 4.69) is 5.32 Å². The van der Waals surface area contributed by atoms with Gasteiger partial charge in [-0.15, -0.1) is 0 Å². The Morgan fingerprint density at radius 3 is 2.75 bits per heavy atom. The average Bonchev–Trinajstić information content (AvgIpc) is 3.29. The Hall–Kier alpha value is -1.55. The Morgan fingerprint density at radius 1 is 1.35 bits per heavy atom. The lowest BCUT2D eigenvalue weighted by molar-refractivity contribution is -0.130. The first-order chi connectivity index (χ1) is 9.81. The van der Waals surface area contributed by atoms with Crippen LogP contribution >= 0.6 is 0 Å². The molecule has 1 amide bonds. The molecule has 1 fully saturated rings. The molecule has 0 bridgehead atoms. The molecule has 1 saturated carbocycles. The predicted octanol–water partition coefficient (Wildman–Crippen LogP) is 2.06. The summed E-state index contributed by atoms with van der Waals surface area (Å²) in [5.41, 5.74) is 0. The van der Waals surface area contributed by atoms with Gasteiger partial charge in [-0.3, -0.25) is 4.79 Å². The Labute approximate surface area is 121 Å². The number of para-hydroxylation sites is 1. The Balaban J connectivity index is 1.52. The van der Waals surface area contributed by atoms with Crippen molar-refractivity contribution in [3.63, 3.8) is 0 Å². The highest BCUT2D eigenvalue weighted by Crippen LogP contribution is 2.26. The second-order valence-corrected chi connectivity index (χ2v) is 5.10. The van der Waals surface area contributed by atoms with Crippen LogP contribution in [0.5, 0.6) is 5.75 Å². The summed E-state index contributed by atoms with van der Waals surface area (Å²) in [6.07, 6.45) is 3.24. The zero-order chi connectivity index (χ0) is 14.2. The van der Waals surface area contributed by atoms with Gasteiger partial charge in [0.25, 0.3) is 0 Å². The molecule has 0 atom stereocenters. The molecule has 110 valence electrons. The van der Waals surface area contributed by atoms with Crippen molar-refractivity contribution in [2.45, 2.75) is 32.2 Å². The molecule has 0 unspecified atom stereocenters. The molecule has 0 heterocycles. The molecule has 4 nitrogen and oxygen atoms in total. The number of hydrogen-bond acceptors (Lipinski definition) is 3. The fourth-order valence-electron chi connectivity index (χ4n) is 2.23. The van der Waals surface area contributed by atoms with Crippen molar-refractivity contribution >= 4 is 5.91 Å². The standard InChI is InChI=1S/C16H24N2O2/c1-2-18(14-9-10-14)16(19)13-17-11-6-12-20-15-7-4-3-5-8-15/h3-5,7-8,14,17H,2,6,9-13H2,1H3. The smallest absolute Gasteiger partial charge is 0.236 e. The fraction of sp³-hybridized carbons (Fsp3) is 0.562. The van der Waals surface area contributed by atoms with Crippen molar-refractivity contribution in [2.75, 3.05) is 26.2 Å². The van der Waals surface area contributed by atoms with Gasteiger partial charge in [-0.05, 0) is 44.9 Å². The van der Waals surface area contributed by atoms with Crippen LogP contribution in [0.1, 0.15) is 26.2 Å². The molecule has 0 aromatic heterocycles. The number of carbonyl (C=O) groups excluding carboxylic acids is 1. The minimum Gasteiger partial charge on any atom is -0.494 e. The van der Waals surface area contributed by atoms with Crippen LogP contribution in [0.3, 0.4) is 0 Å². The maximum Gasteiger partial charge on any atom is 0.236 e. The van der Waals surface area contributed by atoms with Gasteiger partial charge in [0, 0.05) is 12.6 Å². The van der Waals surface area contributed by atoms with Gasteiger partial charge in [0.2, 0.25) is 5.91 Å². The SMILES string of the molecule is CCN(C(=O)CNCCCOc1ccccc1)C1CC1. The van der Waals surface area contributed by atoms with Crippen molar-refractivity contribution < 1.29 is 9.53 Å². The van der Waals surface area contributed by atoms with Crippen LogP contribution in [-0.2, 0) is 4.79 Å². The highest BCUT2D eigenvalue weighted by molar-refractivity contribution is 5.78. The molecule has 0 aliphatic heterocycles. The summed E-state index contributed by atoms with van der Waals surface area (Å²) in [6.45, 7) is 4.79. The number of benzene rings is 1. The normalized spacial score (nSPS) is 14.1. The largest absolute Gasteiger partial charge is 0.494 e. The number of rotatable bonds is 9. The van der Waals surface area contributed by atoms with Gasteiger partial charge >= 0.3 is 0 Å². The van der Waals surface area contributed by atoms with Gasteiger partial charge in [-0.1, -0.05) is 18.2 Å². The number of likely N-dealkylation sites (N-methyl/N-ethyl adjacent to an activating group) is 1. The quantitative estimate of drug-likeness (QED) is 0.702. The maximum atomic E-state index is 11.9. The van der Waals surface area contributed by atoms with E-state index in [1.807, 2.05) is 42.2 Å². The van der Waals surface area contributed by atoms with E-state index in [9.17, 15) is 4.79 Å². The molecule has 2 rings (SSSR count). The zero-order valence-electron chi connectivity index (χ0n) is 12.2. The van der Waals surface area contributed by atoms with E-state index >= 15 is 0 Å².